The van der Waals surface area contributed by atoms with Gasteiger partial charge in [-0.1, -0.05) is 42.5 Å². The van der Waals surface area contributed by atoms with Crippen LogP contribution in [0.5, 0.6) is 0 Å². The molecule has 3 rings (SSSR count). The molecule has 0 aliphatic rings. The molecule has 0 fully saturated rings. The maximum atomic E-state index is 12.2. The molecule has 5 heteroatoms. The van der Waals surface area contributed by atoms with E-state index in [2.05, 4.69) is 16.0 Å². The Kier molecular flexibility index (Phi) is 6.41. The van der Waals surface area contributed by atoms with Gasteiger partial charge in [-0.05, 0) is 54.4 Å². The van der Waals surface area contributed by atoms with Crippen molar-refractivity contribution in [2.45, 2.75) is 13.5 Å². The fourth-order valence-corrected chi connectivity index (χ4v) is 2.73. The molecule has 0 unspecified atom stereocenters. The Balaban J connectivity index is 1.48. The average Bonchev–Trinajstić information content (AvgIpc) is 2.72. The number of benzene rings is 3. The Morgan fingerprint density at radius 3 is 2.29 bits per heavy atom. The monoisotopic (exact) mass is 373 g/mol. The normalized spacial score (nSPS) is 10.2. The molecule has 28 heavy (non-hydrogen) atoms. The van der Waals surface area contributed by atoms with Gasteiger partial charge in [-0.25, -0.2) is 0 Å². The minimum Gasteiger partial charge on any atom is -0.376 e. The highest BCUT2D eigenvalue weighted by Gasteiger charge is 2.07. The number of anilines is 2. The van der Waals surface area contributed by atoms with Crippen molar-refractivity contribution >= 4 is 23.2 Å². The van der Waals surface area contributed by atoms with E-state index in [-0.39, 0.29) is 18.4 Å². The van der Waals surface area contributed by atoms with Gasteiger partial charge in [0.15, 0.2) is 0 Å². The molecule has 0 bridgehead atoms. The van der Waals surface area contributed by atoms with Crippen molar-refractivity contribution in [3.8, 4) is 0 Å². The smallest absolute Gasteiger partial charge is 0.251 e. The molecule has 0 aliphatic heterocycles. The zero-order valence-electron chi connectivity index (χ0n) is 15.7. The Hall–Kier alpha value is -3.60. The molecule has 0 spiro atoms. The van der Waals surface area contributed by atoms with Gasteiger partial charge in [0.2, 0.25) is 5.91 Å². The van der Waals surface area contributed by atoms with Crippen molar-refractivity contribution < 1.29 is 9.59 Å². The SMILES string of the molecule is Cc1cccc(NCC(=O)Nc2ccc(C(=O)NCc3ccccc3)cc2)c1. The van der Waals surface area contributed by atoms with E-state index >= 15 is 0 Å². The lowest BCUT2D eigenvalue weighted by Gasteiger charge is -2.09. The number of amides is 2. The number of carbonyl (C=O) groups is 2. The first-order chi connectivity index (χ1) is 13.6. The molecule has 0 aromatic heterocycles. The molecule has 3 N–H and O–H groups in total. The fraction of sp³-hybridized carbons (Fsp3) is 0.130. The Bertz CT molecular complexity index is 938. The van der Waals surface area contributed by atoms with Gasteiger partial charge in [-0.3, -0.25) is 9.59 Å². The van der Waals surface area contributed by atoms with Crippen molar-refractivity contribution in [2.75, 3.05) is 17.2 Å². The van der Waals surface area contributed by atoms with Gasteiger partial charge in [0.25, 0.3) is 5.91 Å². The molecule has 5 nitrogen and oxygen atoms in total. The molecular weight excluding hydrogens is 350 g/mol. The molecule has 0 aliphatic carbocycles. The van der Waals surface area contributed by atoms with Crippen LogP contribution in [0.25, 0.3) is 0 Å². The van der Waals surface area contributed by atoms with E-state index in [1.165, 1.54) is 0 Å². The average molecular weight is 373 g/mol. The molecule has 3 aromatic carbocycles. The van der Waals surface area contributed by atoms with Crippen LogP contribution in [0.2, 0.25) is 0 Å². The highest BCUT2D eigenvalue weighted by molar-refractivity contribution is 5.96. The van der Waals surface area contributed by atoms with Crippen LogP contribution in [0.15, 0.2) is 78.9 Å². The van der Waals surface area contributed by atoms with E-state index < -0.39 is 0 Å². The maximum absolute atomic E-state index is 12.2. The number of hydrogen-bond acceptors (Lipinski definition) is 3. The van der Waals surface area contributed by atoms with E-state index in [1.807, 2.05) is 61.5 Å². The number of rotatable bonds is 7. The van der Waals surface area contributed by atoms with Crippen LogP contribution in [-0.4, -0.2) is 18.4 Å². The van der Waals surface area contributed by atoms with E-state index in [0.717, 1.165) is 16.8 Å². The van der Waals surface area contributed by atoms with Crippen LogP contribution < -0.4 is 16.0 Å². The van der Waals surface area contributed by atoms with Gasteiger partial charge in [0, 0.05) is 23.5 Å². The third-order valence-corrected chi connectivity index (χ3v) is 4.20. The minimum absolute atomic E-state index is 0.150. The number of nitrogens with one attached hydrogen (secondary N) is 3. The fourth-order valence-electron chi connectivity index (χ4n) is 2.73. The third kappa shape index (κ3) is 5.71. The Morgan fingerprint density at radius 1 is 0.821 bits per heavy atom. The number of aryl methyl sites for hydroxylation is 1. The zero-order chi connectivity index (χ0) is 19.8. The summed E-state index contributed by atoms with van der Waals surface area (Å²) in [6.07, 6.45) is 0. The van der Waals surface area contributed by atoms with Crippen molar-refractivity contribution in [2.24, 2.45) is 0 Å². The molecule has 142 valence electrons. The van der Waals surface area contributed by atoms with Crippen LogP contribution in [0.1, 0.15) is 21.5 Å². The zero-order valence-corrected chi connectivity index (χ0v) is 15.7. The first-order valence-corrected chi connectivity index (χ1v) is 9.13. The van der Waals surface area contributed by atoms with Crippen molar-refractivity contribution in [1.82, 2.24) is 5.32 Å². The Morgan fingerprint density at radius 2 is 1.57 bits per heavy atom. The second-order valence-corrected chi connectivity index (χ2v) is 6.52. The molecule has 2 amide bonds. The summed E-state index contributed by atoms with van der Waals surface area (Å²) in [6, 6.07) is 24.4. The summed E-state index contributed by atoms with van der Waals surface area (Å²) in [5, 5.41) is 8.79. The van der Waals surface area contributed by atoms with Crippen LogP contribution in [0.4, 0.5) is 11.4 Å². The van der Waals surface area contributed by atoms with Crippen molar-refractivity contribution in [1.29, 1.82) is 0 Å². The Labute approximate surface area is 164 Å². The van der Waals surface area contributed by atoms with Gasteiger partial charge < -0.3 is 16.0 Å². The van der Waals surface area contributed by atoms with E-state index in [9.17, 15) is 9.59 Å². The van der Waals surface area contributed by atoms with Gasteiger partial charge in [-0.2, -0.15) is 0 Å². The largest absolute Gasteiger partial charge is 0.376 e. The maximum Gasteiger partial charge on any atom is 0.251 e. The highest BCUT2D eigenvalue weighted by Crippen LogP contribution is 2.11. The second kappa shape index (κ2) is 9.37. The van der Waals surface area contributed by atoms with Crippen molar-refractivity contribution in [3.05, 3.63) is 95.6 Å². The van der Waals surface area contributed by atoms with E-state index in [1.54, 1.807) is 24.3 Å². The predicted molar refractivity (Wildman–Crippen MR) is 112 cm³/mol. The first kappa shape index (κ1) is 19.2. The summed E-state index contributed by atoms with van der Waals surface area (Å²) >= 11 is 0. The third-order valence-electron chi connectivity index (χ3n) is 4.20. The lowest BCUT2D eigenvalue weighted by atomic mass is 10.1. The summed E-state index contributed by atoms with van der Waals surface area (Å²) in [5.41, 5.74) is 4.27. The lowest BCUT2D eigenvalue weighted by molar-refractivity contribution is -0.114. The van der Waals surface area contributed by atoms with Crippen LogP contribution >= 0.6 is 0 Å². The lowest BCUT2D eigenvalue weighted by Crippen LogP contribution is -2.23. The minimum atomic E-state index is -0.150. The standard InChI is InChI=1S/C23H23N3O2/c1-17-6-5-9-21(14-17)24-16-22(27)26-20-12-10-19(11-13-20)23(28)25-15-18-7-3-2-4-8-18/h2-14,24H,15-16H2,1H3,(H,25,28)(H,26,27). The second-order valence-electron chi connectivity index (χ2n) is 6.52. The number of carbonyl (C=O) groups excluding carboxylic acids is 2. The topological polar surface area (TPSA) is 70.2 Å². The molecule has 0 radical (unpaired) electrons. The predicted octanol–water partition coefficient (Wildman–Crippen LogP) is 3.98. The molecule has 0 heterocycles. The molecular formula is C23H23N3O2. The van der Waals surface area contributed by atoms with Crippen LogP contribution in [-0.2, 0) is 11.3 Å². The van der Waals surface area contributed by atoms with E-state index in [0.29, 0.717) is 17.8 Å². The van der Waals surface area contributed by atoms with Crippen LogP contribution in [0.3, 0.4) is 0 Å². The molecule has 3 aromatic rings. The van der Waals surface area contributed by atoms with Crippen molar-refractivity contribution in [3.63, 3.8) is 0 Å². The highest BCUT2D eigenvalue weighted by atomic mass is 16.2. The summed E-state index contributed by atoms with van der Waals surface area (Å²) in [7, 11) is 0. The number of hydrogen-bond donors (Lipinski definition) is 3. The summed E-state index contributed by atoms with van der Waals surface area (Å²) < 4.78 is 0. The van der Waals surface area contributed by atoms with E-state index in [4.69, 9.17) is 0 Å². The quantitative estimate of drug-likeness (QED) is 0.587. The van der Waals surface area contributed by atoms with Gasteiger partial charge in [0.1, 0.15) is 0 Å². The summed E-state index contributed by atoms with van der Waals surface area (Å²) in [5.74, 6) is -0.300. The van der Waals surface area contributed by atoms with Gasteiger partial charge >= 0.3 is 0 Å². The molecule has 0 saturated heterocycles. The van der Waals surface area contributed by atoms with Gasteiger partial charge in [-0.15, -0.1) is 0 Å². The molecule has 0 saturated carbocycles. The summed E-state index contributed by atoms with van der Waals surface area (Å²) in [4.78, 5) is 24.3. The van der Waals surface area contributed by atoms with Crippen LogP contribution in [0, 0.1) is 6.92 Å². The summed E-state index contributed by atoms with van der Waals surface area (Å²) in [6.45, 7) is 2.65. The molecule has 0 atom stereocenters. The first-order valence-electron chi connectivity index (χ1n) is 9.13. The van der Waals surface area contributed by atoms with Gasteiger partial charge in [0.05, 0.1) is 6.54 Å².